The van der Waals surface area contributed by atoms with Gasteiger partial charge in [-0.2, -0.15) is 4.31 Å². The Bertz CT molecular complexity index is 710. The van der Waals surface area contributed by atoms with Gasteiger partial charge in [0, 0.05) is 37.8 Å². The van der Waals surface area contributed by atoms with Crippen LogP contribution in [0.1, 0.15) is 42.6 Å². The molecule has 1 saturated heterocycles. The van der Waals surface area contributed by atoms with Crippen molar-refractivity contribution in [3.05, 3.63) is 29.3 Å². The molecule has 0 saturated carbocycles. The molecule has 1 aromatic carbocycles. The molecule has 1 unspecified atom stereocenters. The molecular formula is C18H29N3O3S. The minimum Gasteiger partial charge on any atom is -0.350 e. The van der Waals surface area contributed by atoms with Gasteiger partial charge in [-0.3, -0.25) is 4.79 Å². The predicted octanol–water partition coefficient (Wildman–Crippen LogP) is 1.85. The van der Waals surface area contributed by atoms with Crippen molar-refractivity contribution in [2.75, 3.05) is 33.2 Å². The van der Waals surface area contributed by atoms with Crippen LogP contribution in [0.4, 0.5) is 0 Å². The van der Waals surface area contributed by atoms with E-state index in [0.29, 0.717) is 37.3 Å². The van der Waals surface area contributed by atoms with Crippen molar-refractivity contribution in [1.82, 2.24) is 14.5 Å². The minimum atomic E-state index is -3.58. The van der Waals surface area contributed by atoms with Crippen molar-refractivity contribution in [2.24, 2.45) is 0 Å². The lowest BCUT2D eigenvalue weighted by Crippen LogP contribution is -2.47. The third kappa shape index (κ3) is 4.80. The van der Waals surface area contributed by atoms with Gasteiger partial charge >= 0.3 is 0 Å². The van der Waals surface area contributed by atoms with Crippen molar-refractivity contribution in [2.45, 2.75) is 44.6 Å². The first kappa shape index (κ1) is 19.9. The second-order valence-corrected chi connectivity index (χ2v) is 8.76. The Kier molecular flexibility index (Phi) is 6.59. The molecule has 0 radical (unpaired) electrons. The van der Waals surface area contributed by atoms with E-state index in [1.165, 1.54) is 10.4 Å². The first-order valence-corrected chi connectivity index (χ1v) is 10.3. The molecule has 1 fully saturated rings. The second kappa shape index (κ2) is 8.29. The number of nitrogens with zero attached hydrogens (tertiary/aromatic N) is 2. The Morgan fingerprint density at radius 3 is 2.48 bits per heavy atom. The zero-order valence-corrected chi connectivity index (χ0v) is 16.4. The van der Waals surface area contributed by atoms with E-state index in [2.05, 4.69) is 17.1 Å². The first-order valence-electron chi connectivity index (χ1n) is 8.86. The number of nitrogens with one attached hydrogen (secondary N) is 1. The zero-order valence-electron chi connectivity index (χ0n) is 15.6. The van der Waals surface area contributed by atoms with Crippen LogP contribution in [-0.4, -0.2) is 62.8 Å². The maximum absolute atomic E-state index is 13.0. The summed E-state index contributed by atoms with van der Waals surface area (Å²) in [6.45, 7) is 8.17. The van der Waals surface area contributed by atoms with E-state index >= 15 is 0 Å². The van der Waals surface area contributed by atoms with E-state index in [0.717, 1.165) is 12.8 Å². The van der Waals surface area contributed by atoms with Gasteiger partial charge in [0.1, 0.15) is 0 Å². The van der Waals surface area contributed by atoms with Gasteiger partial charge in [-0.15, -0.1) is 0 Å². The number of piperazine rings is 1. The summed E-state index contributed by atoms with van der Waals surface area (Å²) in [7, 11) is -1.60. The smallest absolute Gasteiger partial charge is 0.251 e. The molecule has 1 aromatic rings. The number of carbonyl (C=O) groups excluding carboxylic acids is 1. The highest BCUT2D eigenvalue weighted by atomic mass is 32.2. The number of sulfonamides is 1. The van der Waals surface area contributed by atoms with E-state index in [1.54, 1.807) is 19.1 Å². The zero-order chi connectivity index (χ0) is 18.6. The Balaban J connectivity index is 2.25. The number of carbonyl (C=O) groups is 1. The molecule has 1 atom stereocenters. The minimum absolute atomic E-state index is 0.0662. The standard InChI is InChI=1S/C18H29N3O3S/c1-5-6-15(3)19-18(22)16-8-7-14(2)17(13-16)25(23,24)21-11-9-20(4)10-12-21/h7-8,13,15H,5-6,9-12H2,1-4H3,(H,19,22). The molecule has 0 aromatic heterocycles. The number of aryl methyl sites for hydroxylation is 1. The molecular weight excluding hydrogens is 338 g/mol. The maximum Gasteiger partial charge on any atom is 0.251 e. The lowest BCUT2D eigenvalue weighted by molar-refractivity contribution is 0.0938. The van der Waals surface area contributed by atoms with Crippen molar-refractivity contribution < 1.29 is 13.2 Å². The Morgan fingerprint density at radius 2 is 1.88 bits per heavy atom. The van der Waals surface area contributed by atoms with Gasteiger partial charge in [0.05, 0.1) is 4.90 Å². The number of rotatable bonds is 6. The highest BCUT2D eigenvalue weighted by Gasteiger charge is 2.29. The maximum atomic E-state index is 13.0. The fraction of sp³-hybridized carbons (Fsp3) is 0.611. The quantitative estimate of drug-likeness (QED) is 0.833. The predicted molar refractivity (Wildman–Crippen MR) is 99.3 cm³/mol. The van der Waals surface area contributed by atoms with Crippen LogP contribution in [0, 0.1) is 6.92 Å². The number of benzene rings is 1. The average molecular weight is 368 g/mol. The van der Waals surface area contributed by atoms with Gasteiger partial charge in [-0.1, -0.05) is 19.4 Å². The van der Waals surface area contributed by atoms with Gasteiger partial charge in [0.2, 0.25) is 10.0 Å². The van der Waals surface area contributed by atoms with Crippen LogP contribution in [0.15, 0.2) is 23.1 Å². The van der Waals surface area contributed by atoms with Crippen molar-refractivity contribution in [3.8, 4) is 0 Å². The molecule has 0 aliphatic carbocycles. The Labute approximate surface area is 151 Å². The summed E-state index contributed by atoms with van der Waals surface area (Å²) in [5.74, 6) is -0.226. The van der Waals surface area contributed by atoms with E-state index in [1.807, 2.05) is 14.0 Å². The topological polar surface area (TPSA) is 69.7 Å². The molecule has 0 spiro atoms. The molecule has 1 aliphatic heterocycles. The van der Waals surface area contributed by atoms with Gasteiger partial charge in [0.25, 0.3) is 5.91 Å². The highest BCUT2D eigenvalue weighted by molar-refractivity contribution is 7.89. The second-order valence-electron chi connectivity index (χ2n) is 6.85. The van der Waals surface area contributed by atoms with Crippen LogP contribution in [0.5, 0.6) is 0 Å². The molecule has 2 rings (SSSR count). The number of likely N-dealkylation sites (N-methyl/N-ethyl adjacent to an activating group) is 1. The molecule has 1 aliphatic rings. The highest BCUT2D eigenvalue weighted by Crippen LogP contribution is 2.22. The van der Waals surface area contributed by atoms with E-state index in [-0.39, 0.29) is 16.8 Å². The Morgan fingerprint density at radius 1 is 1.24 bits per heavy atom. The fourth-order valence-corrected chi connectivity index (χ4v) is 4.67. The molecule has 1 amide bonds. The van der Waals surface area contributed by atoms with Crippen molar-refractivity contribution >= 4 is 15.9 Å². The van der Waals surface area contributed by atoms with Crippen LogP contribution in [0.25, 0.3) is 0 Å². The van der Waals surface area contributed by atoms with E-state index < -0.39 is 10.0 Å². The van der Waals surface area contributed by atoms with Crippen LogP contribution in [0.2, 0.25) is 0 Å². The monoisotopic (exact) mass is 367 g/mol. The summed E-state index contributed by atoms with van der Waals surface area (Å²) in [5, 5.41) is 2.93. The molecule has 0 bridgehead atoms. The molecule has 1 N–H and O–H groups in total. The largest absolute Gasteiger partial charge is 0.350 e. The fourth-order valence-electron chi connectivity index (χ4n) is 3.00. The summed E-state index contributed by atoms with van der Waals surface area (Å²) in [5.41, 5.74) is 1.05. The molecule has 1 heterocycles. The molecule has 140 valence electrons. The van der Waals surface area contributed by atoms with Gasteiger partial charge in [-0.05, 0) is 45.0 Å². The van der Waals surface area contributed by atoms with Gasteiger partial charge in [0.15, 0.2) is 0 Å². The Hall–Kier alpha value is -1.44. The number of hydrogen-bond acceptors (Lipinski definition) is 4. The number of hydrogen-bond donors (Lipinski definition) is 1. The van der Waals surface area contributed by atoms with E-state index in [9.17, 15) is 13.2 Å². The molecule has 25 heavy (non-hydrogen) atoms. The lowest BCUT2D eigenvalue weighted by atomic mass is 10.1. The summed E-state index contributed by atoms with van der Waals surface area (Å²) in [6.07, 6.45) is 1.88. The van der Waals surface area contributed by atoms with Crippen molar-refractivity contribution in [1.29, 1.82) is 0 Å². The first-order chi connectivity index (χ1) is 11.8. The van der Waals surface area contributed by atoms with Crippen molar-refractivity contribution in [3.63, 3.8) is 0 Å². The summed E-state index contributed by atoms with van der Waals surface area (Å²) in [6, 6.07) is 4.97. The summed E-state index contributed by atoms with van der Waals surface area (Å²) >= 11 is 0. The van der Waals surface area contributed by atoms with Crippen LogP contribution in [-0.2, 0) is 10.0 Å². The molecule has 6 nitrogen and oxygen atoms in total. The summed E-state index contributed by atoms with van der Waals surface area (Å²) < 4.78 is 27.5. The average Bonchev–Trinajstić information content (AvgIpc) is 2.55. The van der Waals surface area contributed by atoms with Gasteiger partial charge in [-0.25, -0.2) is 8.42 Å². The lowest BCUT2D eigenvalue weighted by Gasteiger charge is -2.32. The van der Waals surface area contributed by atoms with Crippen LogP contribution in [0.3, 0.4) is 0 Å². The third-order valence-corrected chi connectivity index (χ3v) is 6.67. The summed E-state index contributed by atoms with van der Waals surface area (Å²) in [4.78, 5) is 14.8. The SMILES string of the molecule is CCCC(C)NC(=O)c1ccc(C)c(S(=O)(=O)N2CCN(C)CC2)c1. The third-order valence-electron chi connectivity index (χ3n) is 4.63. The van der Waals surface area contributed by atoms with E-state index in [4.69, 9.17) is 0 Å². The van der Waals surface area contributed by atoms with Crippen LogP contribution >= 0.6 is 0 Å². The van der Waals surface area contributed by atoms with Gasteiger partial charge < -0.3 is 10.2 Å². The molecule has 7 heteroatoms. The number of amides is 1. The normalized spacial score (nSPS) is 18.1. The van der Waals surface area contributed by atoms with Crippen LogP contribution < -0.4 is 5.32 Å².